The second kappa shape index (κ2) is 7.64. The van der Waals surface area contributed by atoms with Gasteiger partial charge in [0.2, 0.25) is 0 Å². The lowest BCUT2D eigenvalue weighted by atomic mass is 10.1. The van der Waals surface area contributed by atoms with Crippen molar-refractivity contribution < 1.29 is 13.2 Å². The van der Waals surface area contributed by atoms with E-state index in [2.05, 4.69) is 24.1 Å². The average Bonchev–Trinajstić information content (AvgIpc) is 2.41. The number of halogens is 3. The van der Waals surface area contributed by atoms with Gasteiger partial charge in [-0.05, 0) is 24.1 Å². The molecule has 21 heavy (non-hydrogen) atoms. The third-order valence-electron chi connectivity index (χ3n) is 3.12. The van der Waals surface area contributed by atoms with Crippen LogP contribution in [-0.4, -0.2) is 30.8 Å². The highest BCUT2D eigenvalue weighted by Gasteiger charge is 2.27. The lowest BCUT2D eigenvalue weighted by Crippen LogP contribution is -2.26. The molecule has 1 aromatic heterocycles. The number of nitrogens with one attached hydrogen (secondary N) is 1. The van der Waals surface area contributed by atoms with Crippen molar-refractivity contribution >= 4 is 5.82 Å². The normalized spacial score (nSPS) is 12.0. The molecule has 0 atom stereocenters. The van der Waals surface area contributed by atoms with Gasteiger partial charge >= 0.3 is 6.18 Å². The molecule has 1 N–H and O–H groups in total. The fourth-order valence-electron chi connectivity index (χ4n) is 1.84. The Balaban J connectivity index is 2.82. The third kappa shape index (κ3) is 6.80. The fraction of sp³-hybridized carbons (Fsp3) is 0.667. The first-order valence-corrected chi connectivity index (χ1v) is 7.22. The molecule has 0 aliphatic carbocycles. The monoisotopic (exact) mass is 303 g/mol. The Kier molecular flexibility index (Phi) is 6.45. The van der Waals surface area contributed by atoms with E-state index < -0.39 is 12.6 Å². The summed E-state index contributed by atoms with van der Waals surface area (Å²) in [7, 11) is 1.65. The second-order valence-electron chi connectivity index (χ2n) is 5.50. The maximum Gasteiger partial charge on any atom is 0.390 e. The van der Waals surface area contributed by atoms with E-state index in [1.165, 1.54) is 0 Å². The molecule has 6 heteroatoms. The zero-order chi connectivity index (χ0) is 16.0. The number of nitrogens with zero attached hydrogens (tertiary/aromatic N) is 2. The largest absolute Gasteiger partial charge is 0.390 e. The van der Waals surface area contributed by atoms with Gasteiger partial charge in [0.15, 0.2) is 0 Å². The maximum atomic E-state index is 12.3. The highest BCUT2D eigenvalue weighted by molar-refractivity contribution is 5.42. The molecule has 0 aromatic carbocycles. The Bertz CT molecular complexity index is 444. The van der Waals surface area contributed by atoms with E-state index in [1.807, 2.05) is 19.1 Å². The number of aromatic nitrogens is 1. The summed E-state index contributed by atoms with van der Waals surface area (Å²) in [6, 6.07) is 4.20. The molecule has 1 aromatic rings. The zero-order valence-electron chi connectivity index (χ0n) is 13.1. The summed E-state index contributed by atoms with van der Waals surface area (Å²) in [5.74, 6) is 0.596. The Hall–Kier alpha value is -1.30. The van der Waals surface area contributed by atoms with Crippen LogP contribution in [-0.2, 0) is 13.0 Å². The SMILES string of the molecule is CCc1cc(CNC(C)C)cc(N(C)CCC(F)(F)F)n1. The van der Waals surface area contributed by atoms with E-state index in [-0.39, 0.29) is 6.54 Å². The average molecular weight is 303 g/mol. The number of pyridine rings is 1. The molecule has 0 radical (unpaired) electrons. The number of alkyl halides is 3. The van der Waals surface area contributed by atoms with Crippen LogP contribution in [0.4, 0.5) is 19.0 Å². The number of hydrogen-bond donors (Lipinski definition) is 1. The van der Waals surface area contributed by atoms with Crippen molar-refractivity contribution in [2.24, 2.45) is 0 Å². The van der Waals surface area contributed by atoms with Crippen molar-refractivity contribution in [2.75, 3.05) is 18.5 Å². The topological polar surface area (TPSA) is 28.2 Å². The smallest absolute Gasteiger partial charge is 0.359 e. The van der Waals surface area contributed by atoms with Gasteiger partial charge in [0, 0.05) is 31.9 Å². The van der Waals surface area contributed by atoms with Crippen LogP contribution >= 0.6 is 0 Å². The molecule has 0 spiro atoms. The van der Waals surface area contributed by atoms with E-state index >= 15 is 0 Å². The van der Waals surface area contributed by atoms with Gasteiger partial charge in [-0.15, -0.1) is 0 Å². The van der Waals surface area contributed by atoms with Crippen molar-refractivity contribution in [3.63, 3.8) is 0 Å². The molecule has 0 aliphatic heterocycles. The van der Waals surface area contributed by atoms with Gasteiger partial charge in [-0.1, -0.05) is 20.8 Å². The highest BCUT2D eigenvalue weighted by atomic mass is 19.4. The number of aryl methyl sites for hydroxylation is 1. The molecule has 0 fully saturated rings. The van der Waals surface area contributed by atoms with Gasteiger partial charge in [0.1, 0.15) is 5.82 Å². The van der Waals surface area contributed by atoms with Crippen molar-refractivity contribution in [3.8, 4) is 0 Å². The Morgan fingerprint density at radius 3 is 2.48 bits per heavy atom. The first-order valence-electron chi connectivity index (χ1n) is 7.22. The summed E-state index contributed by atoms with van der Waals surface area (Å²) in [6.07, 6.45) is -4.21. The summed E-state index contributed by atoms with van der Waals surface area (Å²) >= 11 is 0. The molecular formula is C15H24F3N3. The predicted molar refractivity (Wildman–Crippen MR) is 79.5 cm³/mol. The van der Waals surface area contributed by atoms with E-state index in [0.717, 1.165) is 17.7 Å². The zero-order valence-corrected chi connectivity index (χ0v) is 13.1. The van der Waals surface area contributed by atoms with Crippen molar-refractivity contribution in [1.82, 2.24) is 10.3 Å². The molecule has 1 rings (SSSR count). The summed E-state index contributed by atoms with van der Waals surface area (Å²) in [5, 5.41) is 3.31. The van der Waals surface area contributed by atoms with E-state index in [0.29, 0.717) is 18.4 Å². The van der Waals surface area contributed by atoms with Gasteiger partial charge in [-0.3, -0.25) is 0 Å². The standard InChI is InChI=1S/C15H24F3N3/c1-5-13-8-12(10-19-11(2)3)9-14(20-13)21(4)7-6-15(16,17)18/h8-9,11,19H,5-7,10H2,1-4H3. The van der Waals surface area contributed by atoms with Crippen LogP contribution in [0, 0.1) is 0 Å². The van der Waals surface area contributed by atoms with E-state index in [4.69, 9.17) is 0 Å². The van der Waals surface area contributed by atoms with Crippen LogP contribution in [0.3, 0.4) is 0 Å². The molecule has 0 saturated carbocycles. The van der Waals surface area contributed by atoms with Crippen LogP contribution in [0.2, 0.25) is 0 Å². The molecule has 0 aliphatic rings. The van der Waals surface area contributed by atoms with Gasteiger partial charge in [0.25, 0.3) is 0 Å². The number of rotatable bonds is 7. The van der Waals surface area contributed by atoms with Crippen LogP contribution < -0.4 is 10.2 Å². The van der Waals surface area contributed by atoms with Crippen molar-refractivity contribution in [3.05, 3.63) is 23.4 Å². The third-order valence-corrected chi connectivity index (χ3v) is 3.12. The fourth-order valence-corrected chi connectivity index (χ4v) is 1.84. The molecule has 3 nitrogen and oxygen atoms in total. The minimum atomic E-state index is -4.14. The van der Waals surface area contributed by atoms with E-state index in [9.17, 15) is 13.2 Å². The minimum Gasteiger partial charge on any atom is -0.359 e. The molecular weight excluding hydrogens is 279 g/mol. The summed E-state index contributed by atoms with van der Waals surface area (Å²) in [4.78, 5) is 5.97. The summed E-state index contributed by atoms with van der Waals surface area (Å²) in [5.41, 5.74) is 1.94. The van der Waals surface area contributed by atoms with Crippen molar-refractivity contribution in [1.29, 1.82) is 0 Å². The number of anilines is 1. The molecule has 0 saturated heterocycles. The van der Waals surface area contributed by atoms with Crippen LogP contribution in [0.25, 0.3) is 0 Å². The number of hydrogen-bond acceptors (Lipinski definition) is 3. The lowest BCUT2D eigenvalue weighted by molar-refractivity contribution is -0.132. The minimum absolute atomic E-state index is 0.0826. The predicted octanol–water partition coefficient (Wildman–Crippen LogP) is 3.53. The molecule has 1 heterocycles. The Labute approximate surface area is 124 Å². The van der Waals surface area contributed by atoms with Crippen LogP contribution in [0.1, 0.15) is 38.4 Å². The lowest BCUT2D eigenvalue weighted by Gasteiger charge is -2.21. The van der Waals surface area contributed by atoms with Gasteiger partial charge < -0.3 is 10.2 Å². The Morgan fingerprint density at radius 2 is 1.95 bits per heavy atom. The second-order valence-corrected chi connectivity index (χ2v) is 5.50. The first kappa shape index (κ1) is 17.8. The highest BCUT2D eigenvalue weighted by Crippen LogP contribution is 2.22. The van der Waals surface area contributed by atoms with Crippen LogP contribution in [0.5, 0.6) is 0 Å². The first-order chi connectivity index (χ1) is 9.71. The molecule has 0 amide bonds. The Morgan fingerprint density at radius 1 is 1.29 bits per heavy atom. The van der Waals surface area contributed by atoms with Gasteiger partial charge in [0.05, 0.1) is 6.42 Å². The van der Waals surface area contributed by atoms with Crippen LogP contribution in [0.15, 0.2) is 12.1 Å². The molecule has 0 unspecified atom stereocenters. The van der Waals surface area contributed by atoms with E-state index in [1.54, 1.807) is 11.9 Å². The maximum absolute atomic E-state index is 12.3. The summed E-state index contributed by atoms with van der Waals surface area (Å²) in [6.45, 7) is 6.70. The molecule has 0 bridgehead atoms. The van der Waals surface area contributed by atoms with Crippen molar-refractivity contribution in [2.45, 2.75) is 52.4 Å². The molecule has 120 valence electrons. The summed E-state index contributed by atoms with van der Waals surface area (Å²) < 4.78 is 36.9. The van der Waals surface area contributed by atoms with Gasteiger partial charge in [-0.2, -0.15) is 13.2 Å². The van der Waals surface area contributed by atoms with Gasteiger partial charge in [-0.25, -0.2) is 4.98 Å². The quantitative estimate of drug-likeness (QED) is 0.835.